The molecular weight excluding hydrogens is 226 g/mol. The molecule has 0 fully saturated rings. The van der Waals surface area contributed by atoms with E-state index in [-0.39, 0.29) is 5.97 Å². The molecule has 0 aromatic heterocycles. The van der Waals surface area contributed by atoms with Crippen LogP contribution in [0.5, 0.6) is 0 Å². The number of hydrogen-bond donors (Lipinski definition) is 0. The lowest BCUT2D eigenvalue weighted by Gasteiger charge is -2.03. The molecule has 0 amide bonds. The molecule has 0 aliphatic rings. The maximum Gasteiger partial charge on any atom is 0.338 e. The predicted molar refractivity (Wildman–Crippen MR) is 61.2 cm³/mol. The van der Waals surface area contributed by atoms with Crippen LogP contribution in [0.3, 0.4) is 0 Å². The van der Waals surface area contributed by atoms with E-state index in [2.05, 4.69) is 0 Å². The van der Waals surface area contributed by atoms with Gasteiger partial charge in [-0.15, -0.1) is 0 Å². The second-order valence-corrected chi connectivity index (χ2v) is 3.69. The van der Waals surface area contributed by atoms with Crippen molar-refractivity contribution in [1.82, 2.24) is 0 Å². The molecule has 0 aliphatic carbocycles. The van der Waals surface area contributed by atoms with E-state index in [0.717, 1.165) is 6.42 Å². The number of hydrogen-bond acceptors (Lipinski definition) is 3. The van der Waals surface area contributed by atoms with Crippen LogP contribution in [-0.2, 0) is 4.74 Å². The van der Waals surface area contributed by atoms with Crippen LogP contribution in [0.15, 0.2) is 24.3 Å². The normalized spacial score (nSPS) is 9.50. The van der Waals surface area contributed by atoms with Crippen molar-refractivity contribution in [2.45, 2.75) is 19.3 Å². The lowest BCUT2D eigenvalue weighted by molar-refractivity contribution is 0.0499. The number of benzene rings is 1. The maximum atomic E-state index is 11.5. The summed E-state index contributed by atoms with van der Waals surface area (Å²) < 4.78 is 5.02. The van der Waals surface area contributed by atoms with Gasteiger partial charge in [-0.05, 0) is 37.1 Å². The van der Waals surface area contributed by atoms with Gasteiger partial charge >= 0.3 is 5.97 Å². The van der Waals surface area contributed by atoms with Crippen molar-refractivity contribution in [2.75, 3.05) is 6.61 Å². The van der Waals surface area contributed by atoms with Crippen LogP contribution in [0.2, 0.25) is 5.02 Å². The summed E-state index contributed by atoms with van der Waals surface area (Å²) in [5.41, 5.74) is 0.490. The van der Waals surface area contributed by atoms with Gasteiger partial charge in [0.15, 0.2) is 0 Å². The minimum absolute atomic E-state index is 0.350. The summed E-state index contributed by atoms with van der Waals surface area (Å²) in [5, 5.41) is 8.90. The van der Waals surface area contributed by atoms with E-state index in [0.29, 0.717) is 30.0 Å². The number of carbonyl (C=O) groups is 1. The Balaban J connectivity index is 2.30. The van der Waals surface area contributed by atoms with Gasteiger partial charge in [-0.2, -0.15) is 5.26 Å². The molecular formula is C12H12ClNO2. The first kappa shape index (κ1) is 12.5. The van der Waals surface area contributed by atoms with Crippen molar-refractivity contribution in [3.8, 4) is 6.07 Å². The van der Waals surface area contributed by atoms with Crippen LogP contribution < -0.4 is 0 Å². The van der Waals surface area contributed by atoms with Crippen molar-refractivity contribution in [1.29, 1.82) is 5.26 Å². The fraction of sp³-hybridized carbons (Fsp3) is 0.333. The van der Waals surface area contributed by atoms with E-state index in [1.54, 1.807) is 24.3 Å². The summed E-state index contributed by atoms with van der Waals surface area (Å²) >= 11 is 5.70. The molecule has 1 aromatic carbocycles. The lowest BCUT2D eigenvalue weighted by atomic mass is 10.2. The second-order valence-electron chi connectivity index (χ2n) is 3.26. The highest BCUT2D eigenvalue weighted by Gasteiger charge is 2.05. The Labute approximate surface area is 99.6 Å². The molecule has 0 unspecified atom stereocenters. The summed E-state index contributed by atoms with van der Waals surface area (Å²) in [6.07, 6.45) is 1.97. The number of carbonyl (C=O) groups excluding carboxylic acids is 1. The van der Waals surface area contributed by atoms with Crippen LogP contribution >= 0.6 is 11.6 Å². The first-order valence-electron chi connectivity index (χ1n) is 5.03. The second kappa shape index (κ2) is 6.86. The minimum Gasteiger partial charge on any atom is -0.462 e. The van der Waals surface area contributed by atoms with Gasteiger partial charge < -0.3 is 4.74 Å². The molecule has 16 heavy (non-hydrogen) atoms. The number of halogens is 1. The van der Waals surface area contributed by atoms with Gasteiger partial charge in [0.05, 0.1) is 18.2 Å². The SMILES string of the molecule is N#CCCCCOC(=O)c1ccc(Cl)cc1. The number of ether oxygens (including phenoxy) is 1. The van der Waals surface area contributed by atoms with Crippen LogP contribution in [0.1, 0.15) is 29.6 Å². The van der Waals surface area contributed by atoms with Gasteiger partial charge in [0, 0.05) is 11.4 Å². The smallest absolute Gasteiger partial charge is 0.338 e. The van der Waals surface area contributed by atoms with E-state index in [1.165, 1.54) is 0 Å². The van der Waals surface area contributed by atoms with Crippen molar-refractivity contribution < 1.29 is 9.53 Å². The highest BCUT2D eigenvalue weighted by molar-refractivity contribution is 6.30. The molecule has 84 valence electrons. The zero-order chi connectivity index (χ0) is 11.8. The third kappa shape index (κ3) is 4.33. The Morgan fingerprint density at radius 2 is 2.00 bits per heavy atom. The van der Waals surface area contributed by atoms with E-state index >= 15 is 0 Å². The van der Waals surface area contributed by atoms with Gasteiger partial charge in [-0.25, -0.2) is 4.79 Å². The van der Waals surface area contributed by atoms with Crippen LogP contribution in [0.4, 0.5) is 0 Å². The Morgan fingerprint density at radius 1 is 1.31 bits per heavy atom. The molecule has 0 bridgehead atoms. The molecule has 1 aromatic rings. The maximum absolute atomic E-state index is 11.5. The van der Waals surface area contributed by atoms with E-state index in [4.69, 9.17) is 21.6 Å². The molecule has 0 N–H and O–H groups in total. The average Bonchev–Trinajstić information content (AvgIpc) is 2.29. The van der Waals surface area contributed by atoms with Gasteiger partial charge in [0.2, 0.25) is 0 Å². The molecule has 0 saturated heterocycles. The van der Waals surface area contributed by atoms with Crippen molar-refractivity contribution in [2.24, 2.45) is 0 Å². The Bertz CT molecular complexity index is 381. The Morgan fingerprint density at radius 3 is 2.62 bits per heavy atom. The number of esters is 1. The molecule has 0 spiro atoms. The molecule has 3 nitrogen and oxygen atoms in total. The highest BCUT2D eigenvalue weighted by Crippen LogP contribution is 2.10. The third-order valence-electron chi connectivity index (χ3n) is 2.00. The van der Waals surface area contributed by atoms with Crippen LogP contribution in [0, 0.1) is 11.3 Å². The molecule has 4 heteroatoms. The van der Waals surface area contributed by atoms with E-state index < -0.39 is 0 Å². The quantitative estimate of drug-likeness (QED) is 0.584. The van der Waals surface area contributed by atoms with Crippen molar-refractivity contribution in [3.05, 3.63) is 34.9 Å². The zero-order valence-corrected chi connectivity index (χ0v) is 9.54. The molecule has 1 rings (SSSR count). The number of nitriles is 1. The fourth-order valence-corrected chi connectivity index (χ4v) is 1.27. The fourth-order valence-electron chi connectivity index (χ4n) is 1.14. The topological polar surface area (TPSA) is 50.1 Å². The van der Waals surface area contributed by atoms with Gasteiger partial charge in [-0.1, -0.05) is 11.6 Å². The third-order valence-corrected chi connectivity index (χ3v) is 2.25. The number of unbranched alkanes of at least 4 members (excludes halogenated alkanes) is 2. The van der Waals surface area contributed by atoms with Gasteiger partial charge in [0.1, 0.15) is 0 Å². The first-order chi connectivity index (χ1) is 7.74. The van der Waals surface area contributed by atoms with E-state index in [9.17, 15) is 4.79 Å². The Hall–Kier alpha value is -1.53. The standard InChI is InChI=1S/C12H12ClNO2/c13-11-6-4-10(5-7-11)12(15)16-9-3-1-2-8-14/h4-7H,1-3,9H2. The first-order valence-corrected chi connectivity index (χ1v) is 5.41. The summed E-state index contributed by atoms with van der Waals surface area (Å²) in [5.74, 6) is -0.353. The molecule has 0 heterocycles. The zero-order valence-electron chi connectivity index (χ0n) is 8.78. The molecule has 0 atom stereocenters. The highest BCUT2D eigenvalue weighted by atomic mass is 35.5. The minimum atomic E-state index is -0.353. The van der Waals surface area contributed by atoms with Gasteiger partial charge in [0.25, 0.3) is 0 Å². The predicted octanol–water partition coefficient (Wildman–Crippen LogP) is 3.19. The average molecular weight is 238 g/mol. The van der Waals surface area contributed by atoms with Crippen LogP contribution in [-0.4, -0.2) is 12.6 Å². The lowest BCUT2D eigenvalue weighted by Crippen LogP contribution is -2.06. The largest absolute Gasteiger partial charge is 0.462 e. The molecule has 0 radical (unpaired) electrons. The van der Waals surface area contributed by atoms with Gasteiger partial charge in [-0.3, -0.25) is 0 Å². The number of rotatable bonds is 5. The van der Waals surface area contributed by atoms with Crippen molar-refractivity contribution in [3.63, 3.8) is 0 Å². The monoisotopic (exact) mass is 237 g/mol. The Kier molecular flexibility index (Phi) is 5.38. The summed E-state index contributed by atoms with van der Waals surface area (Å²) in [6.45, 7) is 0.350. The summed E-state index contributed by atoms with van der Waals surface area (Å²) in [4.78, 5) is 11.5. The summed E-state index contributed by atoms with van der Waals surface area (Å²) in [6, 6.07) is 8.58. The molecule has 0 aliphatic heterocycles. The van der Waals surface area contributed by atoms with Crippen LogP contribution in [0.25, 0.3) is 0 Å². The van der Waals surface area contributed by atoms with Crippen molar-refractivity contribution >= 4 is 17.6 Å². The molecule has 0 saturated carbocycles. The number of nitrogens with zero attached hydrogens (tertiary/aromatic N) is 1. The summed E-state index contributed by atoms with van der Waals surface area (Å²) in [7, 11) is 0. The van der Waals surface area contributed by atoms with E-state index in [1.807, 2.05) is 6.07 Å².